The minimum absolute atomic E-state index is 0.0540. The number of carbonyl (C=O) groups excluding carboxylic acids is 1. The van der Waals surface area contributed by atoms with Crippen LogP contribution in [0, 0.1) is 0 Å². The first kappa shape index (κ1) is 15.9. The van der Waals surface area contributed by atoms with Gasteiger partial charge in [-0.25, -0.2) is 0 Å². The van der Waals surface area contributed by atoms with Crippen LogP contribution < -0.4 is 5.32 Å². The maximum atomic E-state index is 11.7. The minimum Gasteiger partial charge on any atom is -0.395 e. The standard InChI is InChI=1S/C16H16ClNO2S/c17-14-5-7-15(8-6-14)21-11-12-1-3-13(4-2-12)16(20)18-9-10-19/h1-8,19H,9-11H2,(H,18,20). The molecule has 21 heavy (non-hydrogen) atoms. The zero-order valence-corrected chi connectivity index (χ0v) is 13.0. The first-order valence-corrected chi connectivity index (χ1v) is 7.92. The summed E-state index contributed by atoms with van der Waals surface area (Å²) in [6, 6.07) is 15.2. The lowest BCUT2D eigenvalue weighted by Gasteiger charge is -2.05. The number of rotatable bonds is 6. The normalized spacial score (nSPS) is 10.4. The first-order valence-electron chi connectivity index (χ1n) is 6.55. The number of thioether (sulfide) groups is 1. The van der Waals surface area contributed by atoms with E-state index in [-0.39, 0.29) is 19.1 Å². The second-order valence-electron chi connectivity index (χ2n) is 4.42. The molecule has 110 valence electrons. The number of aliphatic hydroxyl groups excluding tert-OH is 1. The molecule has 5 heteroatoms. The number of nitrogens with one attached hydrogen (secondary N) is 1. The summed E-state index contributed by atoms with van der Waals surface area (Å²) in [6.07, 6.45) is 0. The Morgan fingerprint density at radius 1 is 1.10 bits per heavy atom. The van der Waals surface area contributed by atoms with E-state index in [1.807, 2.05) is 36.4 Å². The van der Waals surface area contributed by atoms with Crippen molar-refractivity contribution in [2.75, 3.05) is 13.2 Å². The number of benzene rings is 2. The molecule has 2 rings (SSSR count). The van der Waals surface area contributed by atoms with E-state index in [2.05, 4.69) is 5.32 Å². The van der Waals surface area contributed by atoms with Crippen molar-refractivity contribution in [3.05, 3.63) is 64.7 Å². The molecule has 0 saturated heterocycles. The number of aliphatic hydroxyl groups is 1. The van der Waals surface area contributed by atoms with Gasteiger partial charge in [-0.15, -0.1) is 11.8 Å². The average Bonchev–Trinajstić information content (AvgIpc) is 2.52. The molecule has 2 aromatic carbocycles. The highest BCUT2D eigenvalue weighted by molar-refractivity contribution is 7.98. The molecule has 0 unspecified atom stereocenters. The van der Waals surface area contributed by atoms with Gasteiger partial charge in [0.05, 0.1) is 6.61 Å². The molecule has 2 aromatic rings. The van der Waals surface area contributed by atoms with Gasteiger partial charge >= 0.3 is 0 Å². The summed E-state index contributed by atoms with van der Waals surface area (Å²) < 4.78 is 0. The number of hydrogen-bond acceptors (Lipinski definition) is 3. The van der Waals surface area contributed by atoms with Gasteiger partial charge in [0.25, 0.3) is 5.91 Å². The summed E-state index contributed by atoms with van der Waals surface area (Å²) in [4.78, 5) is 12.8. The van der Waals surface area contributed by atoms with Crippen LogP contribution in [-0.4, -0.2) is 24.2 Å². The molecule has 0 aliphatic carbocycles. The van der Waals surface area contributed by atoms with Crippen molar-refractivity contribution in [1.29, 1.82) is 0 Å². The zero-order valence-electron chi connectivity index (χ0n) is 11.4. The monoisotopic (exact) mass is 321 g/mol. The van der Waals surface area contributed by atoms with Crippen molar-refractivity contribution in [2.24, 2.45) is 0 Å². The van der Waals surface area contributed by atoms with E-state index in [0.717, 1.165) is 21.2 Å². The van der Waals surface area contributed by atoms with Gasteiger partial charge in [0.15, 0.2) is 0 Å². The molecule has 1 amide bonds. The minimum atomic E-state index is -0.166. The Balaban J connectivity index is 1.90. The van der Waals surface area contributed by atoms with E-state index in [9.17, 15) is 4.79 Å². The van der Waals surface area contributed by atoms with Crippen LogP contribution in [0.3, 0.4) is 0 Å². The first-order chi connectivity index (χ1) is 10.2. The third-order valence-electron chi connectivity index (χ3n) is 2.83. The third-order valence-corrected chi connectivity index (χ3v) is 4.17. The Morgan fingerprint density at radius 2 is 1.76 bits per heavy atom. The summed E-state index contributed by atoms with van der Waals surface area (Å²) in [5.41, 5.74) is 1.75. The molecule has 0 radical (unpaired) electrons. The SMILES string of the molecule is O=C(NCCO)c1ccc(CSc2ccc(Cl)cc2)cc1. The van der Waals surface area contributed by atoms with Crippen molar-refractivity contribution >= 4 is 29.3 Å². The lowest BCUT2D eigenvalue weighted by Crippen LogP contribution is -2.26. The summed E-state index contributed by atoms with van der Waals surface area (Å²) in [5.74, 6) is 0.668. The molecule has 2 N–H and O–H groups in total. The smallest absolute Gasteiger partial charge is 0.251 e. The lowest BCUT2D eigenvalue weighted by molar-refractivity contribution is 0.0945. The van der Waals surface area contributed by atoms with Crippen LogP contribution in [-0.2, 0) is 5.75 Å². The van der Waals surface area contributed by atoms with E-state index in [1.165, 1.54) is 0 Å². The molecule has 0 aromatic heterocycles. The second kappa shape index (κ2) is 8.08. The topological polar surface area (TPSA) is 49.3 Å². The fourth-order valence-electron chi connectivity index (χ4n) is 1.72. The molecular formula is C16H16ClNO2S. The summed E-state index contributed by atoms with van der Waals surface area (Å²) >= 11 is 7.57. The van der Waals surface area contributed by atoms with E-state index < -0.39 is 0 Å². The molecule has 0 saturated carbocycles. The number of halogens is 1. The summed E-state index contributed by atoms with van der Waals surface area (Å²) in [7, 11) is 0. The Morgan fingerprint density at radius 3 is 2.38 bits per heavy atom. The highest BCUT2D eigenvalue weighted by atomic mass is 35.5. The predicted molar refractivity (Wildman–Crippen MR) is 86.9 cm³/mol. The molecule has 0 spiro atoms. The van der Waals surface area contributed by atoms with Crippen LogP contribution in [0.5, 0.6) is 0 Å². The second-order valence-corrected chi connectivity index (χ2v) is 5.90. The Labute approximate surface area is 133 Å². The Bertz CT molecular complexity index is 584. The lowest BCUT2D eigenvalue weighted by atomic mass is 10.1. The summed E-state index contributed by atoms with van der Waals surface area (Å²) in [6.45, 7) is 0.217. The van der Waals surface area contributed by atoms with Crippen LogP contribution in [0.2, 0.25) is 5.02 Å². The Hall–Kier alpha value is -1.49. The number of amides is 1. The van der Waals surface area contributed by atoms with Crippen molar-refractivity contribution < 1.29 is 9.90 Å². The molecule has 0 atom stereocenters. The zero-order chi connectivity index (χ0) is 15.1. The van der Waals surface area contributed by atoms with Crippen molar-refractivity contribution in [3.63, 3.8) is 0 Å². The molecule has 3 nitrogen and oxygen atoms in total. The van der Waals surface area contributed by atoms with Crippen molar-refractivity contribution in [1.82, 2.24) is 5.32 Å². The van der Waals surface area contributed by atoms with E-state index in [1.54, 1.807) is 23.9 Å². The molecule has 0 aliphatic rings. The molecule has 0 heterocycles. The fourth-order valence-corrected chi connectivity index (χ4v) is 2.70. The van der Waals surface area contributed by atoms with E-state index >= 15 is 0 Å². The van der Waals surface area contributed by atoms with Crippen LogP contribution >= 0.6 is 23.4 Å². The van der Waals surface area contributed by atoms with E-state index in [0.29, 0.717) is 5.56 Å². The maximum Gasteiger partial charge on any atom is 0.251 e. The van der Waals surface area contributed by atoms with Gasteiger partial charge in [-0.05, 0) is 42.0 Å². The Kier molecular flexibility index (Phi) is 6.11. The molecule has 0 aliphatic heterocycles. The van der Waals surface area contributed by atoms with Gasteiger partial charge in [0, 0.05) is 27.8 Å². The summed E-state index contributed by atoms with van der Waals surface area (Å²) in [5, 5.41) is 12.0. The van der Waals surface area contributed by atoms with E-state index in [4.69, 9.17) is 16.7 Å². The van der Waals surface area contributed by atoms with Crippen molar-refractivity contribution in [2.45, 2.75) is 10.6 Å². The third kappa shape index (κ3) is 5.08. The maximum absolute atomic E-state index is 11.7. The van der Waals surface area contributed by atoms with Gasteiger partial charge in [-0.1, -0.05) is 23.7 Å². The van der Waals surface area contributed by atoms with Gasteiger partial charge in [0.1, 0.15) is 0 Å². The largest absolute Gasteiger partial charge is 0.395 e. The molecular weight excluding hydrogens is 306 g/mol. The van der Waals surface area contributed by atoms with Crippen LogP contribution in [0.1, 0.15) is 15.9 Å². The quantitative estimate of drug-likeness (QED) is 0.802. The van der Waals surface area contributed by atoms with Gasteiger partial charge < -0.3 is 10.4 Å². The van der Waals surface area contributed by atoms with Crippen molar-refractivity contribution in [3.8, 4) is 0 Å². The predicted octanol–water partition coefficient (Wildman–Crippen LogP) is 3.35. The molecule has 0 bridgehead atoms. The van der Waals surface area contributed by atoms with Crippen LogP contribution in [0.15, 0.2) is 53.4 Å². The molecule has 0 fully saturated rings. The van der Waals surface area contributed by atoms with Gasteiger partial charge in [0.2, 0.25) is 0 Å². The average molecular weight is 322 g/mol. The highest BCUT2D eigenvalue weighted by Gasteiger charge is 2.04. The number of hydrogen-bond donors (Lipinski definition) is 2. The van der Waals surface area contributed by atoms with Gasteiger partial charge in [-0.2, -0.15) is 0 Å². The number of carbonyl (C=O) groups is 1. The van der Waals surface area contributed by atoms with Gasteiger partial charge in [-0.3, -0.25) is 4.79 Å². The van der Waals surface area contributed by atoms with Crippen LogP contribution in [0.4, 0.5) is 0 Å². The fraction of sp³-hybridized carbons (Fsp3) is 0.188. The van der Waals surface area contributed by atoms with Crippen LogP contribution in [0.25, 0.3) is 0 Å². The highest BCUT2D eigenvalue weighted by Crippen LogP contribution is 2.24.